The SMILES string of the molecule is CCc1ccc2c(c1)[C@]1(N[C@@H](CCC(N)=O)[C@H]3C(=O)N(CCc4ccccc4)C(=O)[C@H]31)C(=O)N2. The van der Waals surface area contributed by atoms with Crippen LogP contribution in [0.15, 0.2) is 48.5 Å². The fraction of sp³-hybridized carbons (Fsp3) is 0.385. The molecule has 8 heteroatoms. The lowest BCUT2D eigenvalue weighted by Crippen LogP contribution is -2.53. The number of hydrogen-bond donors (Lipinski definition) is 3. The first-order valence-corrected chi connectivity index (χ1v) is 11.8. The Morgan fingerprint density at radius 3 is 2.53 bits per heavy atom. The van der Waals surface area contributed by atoms with E-state index in [-0.39, 0.29) is 37.1 Å². The Morgan fingerprint density at radius 1 is 1.06 bits per heavy atom. The molecule has 0 aliphatic carbocycles. The first-order chi connectivity index (χ1) is 16.4. The van der Waals surface area contributed by atoms with Crippen LogP contribution < -0.4 is 16.4 Å². The predicted molar refractivity (Wildman–Crippen MR) is 125 cm³/mol. The fourth-order valence-electron chi connectivity index (χ4n) is 5.78. The van der Waals surface area contributed by atoms with Crippen molar-refractivity contribution < 1.29 is 19.2 Å². The van der Waals surface area contributed by atoms with Gasteiger partial charge in [-0.15, -0.1) is 0 Å². The van der Waals surface area contributed by atoms with Crippen LogP contribution in [0.4, 0.5) is 5.69 Å². The number of imide groups is 1. The highest BCUT2D eigenvalue weighted by Crippen LogP contribution is 2.53. The largest absolute Gasteiger partial charge is 0.370 e. The molecule has 34 heavy (non-hydrogen) atoms. The van der Waals surface area contributed by atoms with E-state index in [1.54, 1.807) is 0 Å². The normalized spacial score (nSPS) is 27.3. The third kappa shape index (κ3) is 3.32. The van der Waals surface area contributed by atoms with Crippen molar-refractivity contribution >= 4 is 29.3 Å². The van der Waals surface area contributed by atoms with Crippen molar-refractivity contribution in [3.8, 4) is 0 Å². The van der Waals surface area contributed by atoms with Gasteiger partial charge in [0, 0.05) is 30.3 Å². The monoisotopic (exact) mass is 460 g/mol. The van der Waals surface area contributed by atoms with Crippen molar-refractivity contribution in [3.05, 3.63) is 65.2 Å². The molecule has 2 saturated heterocycles. The van der Waals surface area contributed by atoms with Gasteiger partial charge in [0.15, 0.2) is 0 Å². The van der Waals surface area contributed by atoms with Crippen LogP contribution in [0.25, 0.3) is 0 Å². The zero-order valence-corrected chi connectivity index (χ0v) is 19.0. The second kappa shape index (κ2) is 8.36. The third-order valence-electron chi connectivity index (χ3n) is 7.45. The third-order valence-corrected chi connectivity index (χ3v) is 7.45. The molecule has 2 aromatic carbocycles. The number of amides is 4. The number of benzene rings is 2. The molecule has 0 unspecified atom stereocenters. The van der Waals surface area contributed by atoms with Crippen LogP contribution >= 0.6 is 0 Å². The summed E-state index contributed by atoms with van der Waals surface area (Å²) in [6, 6.07) is 14.9. The maximum Gasteiger partial charge on any atom is 0.250 e. The average molecular weight is 461 g/mol. The lowest BCUT2D eigenvalue weighted by atomic mass is 9.76. The van der Waals surface area contributed by atoms with Gasteiger partial charge in [0.25, 0.3) is 0 Å². The van der Waals surface area contributed by atoms with Crippen LogP contribution in [-0.4, -0.2) is 41.1 Å². The highest BCUT2D eigenvalue weighted by molar-refractivity contribution is 6.15. The summed E-state index contributed by atoms with van der Waals surface area (Å²) >= 11 is 0. The van der Waals surface area contributed by atoms with Gasteiger partial charge in [0.2, 0.25) is 23.6 Å². The molecular formula is C26H28N4O4. The van der Waals surface area contributed by atoms with Crippen molar-refractivity contribution in [1.29, 1.82) is 0 Å². The summed E-state index contributed by atoms with van der Waals surface area (Å²) < 4.78 is 0. The molecule has 1 spiro atoms. The maximum absolute atomic E-state index is 13.8. The Balaban J connectivity index is 1.54. The Kier molecular flexibility index (Phi) is 5.48. The van der Waals surface area contributed by atoms with Crippen molar-refractivity contribution in [2.24, 2.45) is 17.6 Å². The molecule has 5 rings (SSSR count). The molecule has 0 bridgehead atoms. The van der Waals surface area contributed by atoms with Crippen LogP contribution in [0.5, 0.6) is 0 Å². The van der Waals surface area contributed by atoms with Crippen LogP contribution in [0.2, 0.25) is 0 Å². The minimum Gasteiger partial charge on any atom is -0.370 e. The van der Waals surface area contributed by atoms with Gasteiger partial charge < -0.3 is 11.1 Å². The number of nitrogens with zero attached hydrogens (tertiary/aromatic N) is 1. The summed E-state index contributed by atoms with van der Waals surface area (Å²) in [4.78, 5) is 53.6. The number of rotatable bonds is 7. The number of carbonyl (C=O) groups excluding carboxylic acids is 4. The van der Waals surface area contributed by atoms with Crippen LogP contribution in [0.3, 0.4) is 0 Å². The molecule has 8 nitrogen and oxygen atoms in total. The molecule has 3 aliphatic heterocycles. The minimum absolute atomic E-state index is 0.0614. The first-order valence-electron chi connectivity index (χ1n) is 11.8. The summed E-state index contributed by atoms with van der Waals surface area (Å²) in [5, 5.41) is 6.26. The van der Waals surface area contributed by atoms with Gasteiger partial charge in [0.05, 0.1) is 11.8 Å². The lowest BCUT2D eigenvalue weighted by Gasteiger charge is -2.29. The van der Waals surface area contributed by atoms with Gasteiger partial charge in [-0.25, -0.2) is 0 Å². The number of likely N-dealkylation sites (tertiary alicyclic amines) is 1. The molecule has 2 fully saturated rings. The van der Waals surface area contributed by atoms with E-state index < -0.39 is 29.3 Å². The van der Waals surface area contributed by atoms with E-state index in [9.17, 15) is 19.2 Å². The quantitative estimate of drug-likeness (QED) is 0.541. The lowest BCUT2D eigenvalue weighted by molar-refractivity contribution is -0.142. The molecule has 0 radical (unpaired) electrons. The van der Waals surface area contributed by atoms with E-state index in [1.165, 1.54) is 4.90 Å². The molecule has 4 N–H and O–H groups in total. The van der Waals surface area contributed by atoms with Gasteiger partial charge in [-0.3, -0.25) is 29.4 Å². The predicted octanol–water partition coefficient (Wildman–Crippen LogP) is 1.48. The zero-order chi connectivity index (χ0) is 24.0. The minimum atomic E-state index is -1.35. The Hall–Kier alpha value is -3.52. The topological polar surface area (TPSA) is 122 Å². The van der Waals surface area contributed by atoms with Crippen molar-refractivity contribution in [3.63, 3.8) is 0 Å². The summed E-state index contributed by atoms with van der Waals surface area (Å²) in [5.41, 5.74) is 7.44. The highest BCUT2D eigenvalue weighted by Gasteiger charge is 2.70. The molecule has 3 aliphatic rings. The fourth-order valence-corrected chi connectivity index (χ4v) is 5.78. The van der Waals surface area contributed by atoms with Gasteiger partial charge in [-0.05, 0) is 36.5 Å². The smallest absolute Gasteiger partial charge is 0.250 e. The molecule has 4 amide bonds. The van der Waals surface area contributed by atoms with Crippen LogP contribution in [0.1, 0.15) is 36.5 Å². The summed E-state index contributed by atoms with van der Waals surface area (Å²) in [7, 11) is 0. The van der Waals surface area contributed by atoms with Crippen molar-refractivity contribution in [2.75, 3.05) is 11.9 Å². The zero-order valence-electron chi connectivity index (χ0n) is 19.0. The van der Waals surface area contributed by atoms with Crippen LogP contribution in [-0.2, 0) is 37.6 Å². The Morgan fingerprint density at radius 2 is 1.82 bits per heavy atom. The second-order valence-corrected chi connectivity index (χ2v) is 9.32. The average Bonchev–Trinajstić information content (AvgIpc) is 3.41. The highest BCUT2D eigenvalue weighted by atomic mass is 16.2. The summed E-state index contributed by atoms with van der Waals surface area (Å²) in [5.74, 6) is -3.06. The number of nitrogens with one attached hydrogen (secondary N) is 2. The number of aryl methyl sites for hydroxylation is 1. The molecular weight excluding hydrogens is 432 g/mol. The second-order valence-electron chi connectivity index (χ2n) is 9.32. The summed E-state index contributed by atoms with van der Waals surface area (Å²) in [6.45, 7) is 2.27. The number of hydrogen-bond acceptors (Lipinski definition) is 5. The standard InChI is InChI=1S/C26H28N4O4/c1-2-15-8-9-18-17(14-15)26(25(34)28-18)22-21(19(29-26)10-11-20(27)31)23(32)30(24(22)33)13-12-16-6-4-3-5-7-16/h3-9,14,19,21-22,29H,2,10-13H2,1H3,(H2,27,31)(H,28,34)/t19-,21+,22-,26+/m0/s1. The number of anilines is 1. The van der Waals surface area contributed by atoms with E-state index in [4.69, 9.17) is 5.73 Å². The molecule has 0 aromatic heterocycles. The van der Waals surface area contributed by atoms with Gasteiger partial charge in [-0.2, -0.15) is 0 Å². The van der Waals surface area contributed by atoms with Crippen LogP contribution in [0, 0.1) is 11.8 Å². The van der Waals surface area contributed by atoms with E-state index in [1.807, 2.05) is 55.5 Å². The van der Waals surface area contributed by atoms with E-state index >= 15 is 0 Å². The van der Waals surface area contributed by atoms with Gasteiger partial charge >= 0.3 is 0 Å². The number of fused-ring (bicyclic) bond motifs is 4. The first kappa shape index (κ1) is 22.3. The molecule has 2 aromatic rings. The molecule has 176 valence electrons. The molecule has 0 saturated carbocycles. The van der Waals surface area contributed by atoms with Gasteiger partial charge in [-0.1, -0.05) is 49.4 Å². The summed E-state index contributed by atoms with van der Waals surface area (Å²) in [6.07, 6.45) is 1.64. The molecule has 4 atom stereocenters. The number of carbonyl (C=O) groups is 4. The van der Waals surface area contributed by atoms with Gasteiger partial charge in [0.1, 0.15) is 5.54 Å². The number of primary amides is 1. The maximum atomic E-state index is 13.8. The Bertz CT molecular complexity index is 1180. The van der Waals surface area contributed by atoms with Crippen molar-refractivity contribution in [1.82, 2.24) is 10.2 Å². The van der Waals surface area contributed by atoms with E-state index in [2.05, 4.69) is 10.6 Å². The Labute approximate surface area is 197 Å². The number of nitrogens with two attached hydrogens (primary N) is 1. The molecule has 3 heterocycles. The van der Waals surface area contributed by atoms with E-state index in [0.29, 0.717) is 17.7 Å². The van der Waals surface area contributed by atoms with Crippen molar-refractivity contribution in [2.45, 2.75) is 44.2 Å². The van der Waals surface area contributed by atoms with E-state index in [0.717, 1.165) is 17.5 Å².